The minimum atomic E-state index is -4.89. The largest absolute Gasteiger partial charge is 0.417 e. The van der Waals surface area contributed by atoms with Crippen LogP contribution in [-0.2, 0) is 16.2 Å². The van der Waals surface area contributed by atoms with Gasteiger partial charge >= 0.3 is 12.2 Å². The van der Waals surface area contributed by atoms with Gasteiger partial charge in [-0.1, -0.05) is 12.1 Å². The van der Waals surface area contributed by atoms with Gasteiger partial charge in [0.05, 0.1) is 10.5 Å². The van der Waals surface area contributed by atoms with Gasteiger partial charge in [0, 0.05) is 11.4 Å². The Labute approximate surface area is 141 Å². The van der Waals surface area contributed by atoms with E-state index in [0.29, 0.717) is 17.5 Å². The van der Waals surface area contributed by atoms with Crippen molar-refractivity contribution in [3.63, 3.8) is 0 Å². The molecular formula is C14H13F3N4O3S. The van der Waals surface area contributed by atoms with Crippen molar-refractivity contribution in [3.8, 4) is 0 Å². The number of hydrogen-bond donors (Lipinski definition) is 2. The molecule has 2 amide bonds. The number of alkyl halides is 3. The van der Waals surface area contributed by atoms with Crippen LogP contribution in [-0.4, -0.2) is 24.4 Å². The zero-order valence-electron chi connectivity index (χ0n) is 13.0. The number of carbonyl (C=O) groups excluding carboxylic acids is 1. The fourth-order valence-corrected chi connectivity index (χ4v) is 3.16. The number of aryl methyl sites for hydroxylation is 2. The van der Waals surface area contributed by atoms with Crippen molar-refractivity contribution in [2.45, 2.75) is 24.9 Å². The molecular weight excluding hydrogens is 361 g/mol. The molecule has 2 aromatic rings. The van der Waals surface area contributed by atoms with Crippen LogP contribution in [0.25, 0.3) is 0 Å². The number of amides is 2. The fourth-order valence-electron chi connectivity index (χ4n) is 2.02. The van der Waals surface area contributed by atoms with Gasteiger partial charge in [0.25, 0.3) is 10.0 Å². The molecule has 0 spiro atoms. The molecule has 2 rings (SSSR count). The van der Waals surface area contributed by atoms with Crippen LogP contribution in [0.3, 0.4) is 0 Å². The highest BCUT2D eigenvalue weighted by Crippen LogP contribution is 2.33. The van der Waals surface area contributed by atoms with Gasteiger partial charge in [0.2, 0.25) is 5.95 Å². The lowest BCUT2D eigenvalue weighted by atomic mass is 10.2. The summed E-state index contributed by atoms with van der Waals surface area (Å²) in [7, 11) is -4.75. The Hall–Kier alpha value is -2.69. The number of anilines is 1. The summed E-state index contributed by atoms with van der Waals surface area (Å²) in [5.41, 5.74) is -0.334. The molecule has 0 atom stereocenters. The Morgan fingerprint density at radius 3 is 2.20 bits per heavy atom. The first-order valence-corrected chi connectivity index (χ1v) is 8.29. The molecule has 0 radical (unpaired) electrons. The molecule has 7 nitrogen and oxygen atoms in total. The molecule has 134 valence electrons. The van der Waals surface area contributed by atoms with Gasteiger partial charge in [-0.3, -0.25) is 5.32 Å². The summed E-state index contributed by atoms with van der Waals surface area (Å²) in [6, 6.07) is 3.88. The molecule has 1 aromatic carbocycles. The third-order valence-corrected chi connectivity index (χ3v) is 4.31. The number of aromatic nitrogens is 2. The number of nitrogens with zero attached hydrogens (tertiary/aromatic N) is 2. The number of carbonyl (C=O) groups is 1. The summed E-state index contributed by atoms with van der Waals surface area (Å²) >= 11 is 0. The zero-order valence-corrected chi connectivity index (χ0v) is 13.9. The molecule has 0 unspecified atom stereocenters. The Bertz CT molecular complexity index is 894. The van der Waals surface area contributed by atoms with Crippen LogP contribution in [0.1, 0.15) is 17.0 Å². The quantitative estimate of drug-likeness (QED) is 0.860. The Morgan fingerprint density at radius 2 is 1.64 bits per heavy atom. The average Bonchev–Trinajstić information content (AvgIpc) is 2.44. The summed E-state index contributed by atoms with van der Waals surface area (Å²) in [5.74, 6) is -0.172. The van der Waals surface area contributed by atoms with Crippen LogP contribution in [0, 0.1) is 13.8 Å². The van der Waals surface area contributed by atoms with Gasteiger partial charge in [-0.2, -0.15) is 13.2 Å². The van der Waals surface area contributed by atoms with E-state index in [0.717, 1.165) is 18.2 Å². The maximum atomic E-state index is 12.9. The maximum absolute atomic E-state index is 12.9. The second kappa shape index (κ2) is 6.67. The molecule has 0 bridgehead atoms. The van der Waals surface area contributed by atoms with Crippen molar-refractivity contribution in [1.82, 2.24) is 14.7 Å². The molecule has 0 fully saturated rings. The molecule has 25 heavy (non-hydrogen) atoms. The van der Waals surface area contributed by atoms with E-state index in [2.05, 4.69) is 15.3 Å². The molecule has 0 saturated heterocycles. The number of halogens is 3. The van der Waals surface area contributed by atoms with Gasteiger partial charge in [-0.15, -0.1) is 0 Å². The molecule has 1 heterocycles. The van der Waals surface area contributed by atoms with Crippen molar-refractivity contribution < 1.29 is 26.4 Å². The maximum Gasteiger partial charge on any atom is 0.417 e. The lowest BCUT2D eigenvalue weighted by molar-refractivity contribution is -0.139. The average molecular weight is 374 g/mol. The van der Waals surface area contributed by atoms with Crippen LogP contribution < -0.4 is 10.0 Å². The van der Waals surface area contributed by atoms with E-state index in [-0.39, 0.29) is 5.95 Å². The monoisotopic (exact) mass is 374 g/mol. The van der Waals surface area contributed by atoms with E-state index in [1.54, 1.807) is 19.9 Å². The smallest absolute Gasteiger partial charge is 0.275 e. The van der Waals surface area contributed by atoms with E-state index < -0.39 is 32.7 Å². The fraction of sp³-hybridized carbons (Fsp3) is 0.214. The second-order valence-electron chi connectivity index (χ2n) is 5.03. The van der Waals surface area contributed by atoms with Crippen LogP contribution in [0.5, 0.6) is 0 Å². The number of nitrogens with one attached hydrogen (secondary N) is 2. The van der Waals surface area contributed by atoms with Gasteiger partial charge < -0.3 is 0 Å². The third kappa shape index (κ3) is 4.66. The van der Waals surface area contributed by atoms with Crippen molar-refractivity contribution in [3.05, 3.63) is 47.3 Å². The molecule has 0 aliphatic carbocycles. The Morgan fingerprint density at radius 1 is 1.08 bits per heavy atom. The first-order valence-electron chi connectivity index (χ1n) is 6.81. The Kier molecular flexibility index (Phi) is 4.97. The summed E-state index contributed by atoms with van der Waals surface area (Å²) in [5, 5.41) is 2.07. The Balaban J connectivity index is 2.26. The van der Waals surface area contributed by atoms with Gasteiger partial charge in [0.15, 0.2) is 0 Å². The van der Waals surface area contributed by atoms with Crippen LogP contribution >= 0.6 is 0 Å². The van der Waals surface area contributed by atoms with Crippen LogP contribution in [0.15, 0.2) is 35.2 Å². The topological polar surface area (TPSA) is 101 Å². The van der Waals surface area contributed by atoms with E-state index in [9.17, 15) is 26.4 Å². The van der Waals surface area contributed by atoms with Gasteiger partial charge in [-0.25, -0.2) is 27.9 Å². The summed E-state index contributed by atoms with van der Waals surface area (Å²) in [4.78, 5) is 18.5. The van der Waals surface area contributed by atoms with Crippen molar-refractivity contribution >= 4 is 22.0 Å². The number of rotatable bonds is 3. The van der Waals surface area contributed by atoms with E-state index in [4.69, 9.17) is 0 Å². The van der Waals surface area contributed by atoms with Gasteiger partial charge in [-0.05, 0) is 32.0 Å². The SMILES string of the molecule is Cc1cc(C)nc(NC(=O)NS(=O)(=O)c2ccccc2C(F)(F)F)n1. The lowest BCUT2D eigenvalue weighted by Crippen LogP contribution is -2.36. The third-order valence-electron chi connectivity index (χ3n) is 2.92. The first kappa shape index (κ1) is 18.6. The molecule has 0 aliphatic heterocycles. The summed E-state index contributed by atoms with van der Waals surface area (Å²) in [6.07, 6.45) is -4.89. The van der Waals surface area contributed by atoms with E-state index in [1.165, 1.54) is 4.72 Å². The molecule has 0 saturated carbocycles. The zero-order chi connectivity index (χ0) is 18.8. The summed E-state index contributed by atoms with van der Waals surface area (Å²) in [6.45, 7) is 3.27. The predicted molar refractivity (Wildman–Crippen MR) is 82.3 cm³/mol. The summed E-state index contributed by atoms with van der Waals surface area (Å²) < 4.78 is 64.6. The van der Waals surface area contributed by atoms with Crippen molar-refractivity contribution in [2.75, 3.05) is 5.32 Å². The number of sulfonamides is 1. The minimum Gasteiger partial charge on any atom is -0.275 e. The van der Waals surface area contributed by atoms with Gasteiger partial charge in [0.1, 0.15) is 0 Å². The molecule has 1 aromatic heterocycles. The lowest BCUT2D eigenvalue weighted by Gasteiger charge is -2.13. The highest BCUT2D eigenvalue weighted by Gasteiger charge is 2.37. The predicted octanol–water partition coefficient (Wildman–Crippen LogP) is 2.62. The standard InChI is InChI=1S/C14H13F3N4O3S/c1-8-7-9(2)19-12(18-8)20-13(22)21-25(23,24)11-6-4-3-5-10(11)14(15,16)17/h3-7H,1-2H3,(H2,18,19,20,21,22). The molecule has 0 aliphatic rings. The van der Waals surface area contributed by atoms with E-state index in [1.807, 2.05) is 0 Å². The number of benzene rings is 1. The molecule has 2 N–H and O–H groups in total. The van der Waals surface area contributed by atoms with Crippen molar-refractivity contribution in [1.29, 1.82) is 0 Å². The first-order chi connectivity index (χ1) is 11.5. The van der Waals surface area contributed by atoms with Crippen LogP contribution in [0.2, 0.25) is 0 Å². The second-order valence-corrected chi connectivity index (χ2v) is 6.68. The highest BCUT2D eigenvalue weighted by molar-refractivity contribution is 7.90. The minimum absolute atomic E-state index is 0.172. The van der Waals surface area contributed by atoms with E-state index >= 15 is 0 Å². The normalized spacial score (nSPS) is 11.9. The van der Waals surface area contributed by atoms with Crippen molar-refractivity contribution in [2.24, 2.45) is 0 Å². The number of urea groups is 1. The highest BCUT2D eigenvalue weighted by atomic mass is 32.2. The number of hydrogen-bond acceptors (Lipinski definition) is 5. The van der Waals surface area contributed by atoms with Crippen LogP contribution in [0.4, 0.5) is 23.9 Å². The molecule has 11 heteroatoms.